The minimum atomic E-state index is -1.52. The molecule has 0 unspecified atom stereocenters. The predicted molar refractivity (Wildman–Crippen MR) is 59.5 cm³/mol. The molecule has 0 bridgehead atoms. The zero-order valence-electron chi connectivity index (χ0n) is 8.07. The smallest absolute Gasteiger partial charge is 0.152 e. The Morgan fingerprint density at radius 3 is 1.56 bits per heavy atom. The second-order valence-corrected chi connectivity index (χ2v) is 4.20. The predicted octanol–water partition coefficient (Wildman–Crippen LogP) is -1.98. The summed E-state index contributed by atoms with van der Waals surface area (Å²) in [6.07, 6.45) is 5.34. The van der Waals surface area contributed by atoms with Crippen LogP contribution in [0.1, 0.15) is 0 Å². The third-order valence-corrected chi connectivity index (χ3v) is 2.86. The van der Waals surface area contributed by atoms with Crippen molar-refractivity contribution in [3.05, 3.63) is 24.8 Å². The highest BCUT2D eigenvalue weighted by atomic mass is 32.2. The van der Waals surface area contributed by atoms with E-state index in [0.717, 1.165) is 0 Å². The van der Waals surface area contributed by atoms with Gasteiger partial charge in [-0.3, -0.25) is 9.97 Å². The van der Waals surface area contributed by atoms with Crippen LogP contribution in [0.4, 0.5) is 0 Å². The number of nitrogens with zero attached hydrogens (tertiary/aromatic N) is 4. The molecule has 8 heteroatoms. The van der Waals surface area contributed by atoms with Crippen molar-refractivity contribution in [3.8, 4) is 0 Å². The van der Waals surface area contributed by atoms with E-state index in [0.29, 0.717) is 0 Å². The summed E-state index contributed by atoms with van der Waals surface area (Å²) in [5.74, 6) is 0. The zero-order valence-corrected chi connectivity index (χ0v) is 8.89. The second kappa shape index (κ2) is 4.52. The summed E-state index contributed by atoms with van der Waals surface area (Å²) in [6.45, 7) is 0. The van der Waals surface area contributed by atoms with Gasteiger partial charge in [0.05, 0.1) is 12.4 Å². The first-order valence-electron chi connectivity index (χ1n) is 4.23. The Morgan fingerprint density at radius 2 is 1.25 bits per heavy atom. The minimum Gasteiger partial charge on any atom is -0.268 e. The van der Waals surface area contributed by atoms with Crippen molar-refractivity contribution in [2.75, 3.05) is 0 Å². The number of aromatic nitrogens is 4. The van der Waals surface area contributed by atoms with Crippen molar-refractivity contribution in [1.82, 2.24) is 19.9 Å². The van der Waals surface area contributed by atoms with Crippen molar-refractivity contribution in [3.63, 3.8) is 0 Å². The SMILES string of the molecule is [B]c1cnc(S(=O)c2cnc([B])cn2)cn1. The van der Waals surface area contributed by atoms with Crippen molar-refractivity contribution < 1.29 is 4.21 Å². The van der Waals surface area contributed by atoms with Crippen LogP contribution in [-0.4, -0.2) is 39.8 Å². The van der Waals surface area contributed by atoms with Gasteiger partial charge < -0.3 is 0 Å². The summed E-state index contributed by atoms with van der Waals surface area (Å²) >= 11 is 0. The Kier molecular flexibility index (Phi) is 3.09. The average molecular weight is 226 g/mol. The van der Waals surface area contributed by atoms with E-state index in [2.05, 4.69) is 19.9 Å². The summed E-state index contributed by atoms with van der Waals surface area (Å²) in [7, 11) is 9.21. The Labute approximate surface area is 97.0 Å². The molecule has 2 aromatic rings. The van der Waals surface area contributed by atoms with Crippen LogP contribution in [0.25, 0.3) is 0 Å². The standard InChI is InChI=1S/C8H4B2N4OS/c9-5-1-13-7(3-11-5)16(15)8-4-12-6(10)2-14-8/h1-4H. The van der Waals surface area contributed by atoms with Crippen LogP contribution in [0.5, 0.6) is 0 Å². The molecule has 74 valence electrons. The summed E-state index contributed by atoms with van der Waals surface area (Å²) in [6, 6.07) is 0. The molecular formula is C8H4B2N4OS. The quantitative estimate of drug-likeness (QED) is 0.555. The van der Waals surface area contributed by atoms with Crippen LogP contribution in [0.15, 0.2) is 34.8 Å². The topological polar surface area (TPSA) is 68.6 Å². The first-order valence-corrected chi connectivity index (χ1v) is 5.38. The first-order chi connectivity index (χ1) is 7.66. The third kappa shape index (κ3) is 2.33. The van der Waals surface area contributed by atoms with Gasteiger partial charge in [-0.05, 0) is 0 Å². The molecule has 0 atom stereocenters. The summed E-state index contributed by atoms with van der Waals surface area (Å²) in [5.41, 5.74) is 0.535. The van der Waals surface area contributed by atoms with Crippen molar-refractivity contribution >= 4 is 37.7 Å². The molecule has 0 aliphatic rings. The summed E-state index contributed by atoms with van der Waals surface area (Å²) in [4.78, 5) is 15.4. The van der Waals surface area contributed by atoms with Gasteiger partial charge in [0.25, 0.3) is 0 Å². The van der Waals surface area contributed by atoms with Gasteiger partial charge in [-0.1, -0.05) is 0 Å². The number of hydrogen-bond acceptors (Lipinski definition) is 5. The molecule has 0 aliphatic carbocycles. The molecule has 0 saturated heterocycles. The van der Waals surface area contributed by atoms with Gasteiger partial charge in [0, 0.05) is 23.6 Å². The van der Waals surface area contributed by atoms with E-state index in [1.54, 1.807) is 0 Å². The maximum absolute atomic E-state index is 11.9. The van der Waals surface area contributed by atoms with Crippen molar-refractivity contribution in [2.24, 2.45) is 0 Å². The van der Waals surface area contributed by atoms with Gasteiger partial charge >= 0.3 is 0 Å². The summed E-state index contributed by atoms with van der Waals surface area (Å²) < 4.78 is 11.9. The molecule has 16 heavy (non-hydrogen) atoms. The average Bonchev–Trinajstić information content (AvgIpc) is 2.30. The van der Waals surface area contributed by atoms with Crippen LogP contribution in [0.2, 0.25) is 0 Å². The highest BCUT2D eigenvalue weighted by Gasteiger charge is 2.10. The third-order valence-electron chi connectivity index (χ3n) is 1.68. The van der Waals surface area contributed by atoms with Crippen LogP contribution in [0.3, 0.4) is 0 Å². The Balaban J connectivity index is 2.32. The van der Waals surface area contributed by atoms with Gasteiger partial charge in [0.1, 0.15) is 26.5 Å². The van der Waals surface area contributed by atoms with Crippen LogP contribution in [-0.2, 0) is 10.8 Å². The number of hydrogen-bond donors (Lipinski definition) is 0. The fraction of sp³-hybridized carbons (Fsp3) is 0. The lowest BCUT2D eigenvalue weighted by atomic mass is 10.1. The summed E-state index contributed by atoms with van der Waals surface area (Å²) in [5, 5.41) is 0.543. The Morgan fingerprint density at radius 1 is 0.812 bits per heavy atom. The van der Waals surface area contributed by atoms with E-state index >= 15 is 0 Å². The molecule has 4 radical (unpaired) electrons. The maximum Gasteiger partial charge on any atom is 0.152 e. The Hall–Kier alpha value is -1.56. The molecule has 0 aromatic carbocycles. The van der Waals surface area contributed by atoms with E-state index < -0.39 is 10.8 Å². The van der Waals surface area contributed by atoms with Crippen molar-refractivity contribution in [2.45, 2.75) is 10.1 Å². The van der Waals surface area contributed by atoms with Crippen LogP contribution >= 0.6 is 0 Å². The lowest BCUT2D eigenvalue weighted by Gasteiger charge is -2.00. The molecule has 0 saturated carbocycles. The van der Waals surface area contributed by atoms with Gasteiger partial charge in [-0.15, -0.1) is 0 Å². The van der Waals surface area contributed by atoms with E-state index in [1.165, 1.54) is 24.8 Å². The Bertz CT molecular complexity index is 469. The van der Waals surface area contributed by atoms with Gasteiger partial charge in [-0.2, -0.15) is 0 Å². The molecule has 0 aliphatic heterocycles. The number of rotatable bonds is 2. The lowest BCUT2D eigenvalue weighted by molar-refractivity contribution is 0.676. The maximum atomic E-state index is 11.9. The molecule has 5 nitrogen and oxygen atoms in total. The van der Waals surface area contributed by atoms with Crippen LogP contribution in [0, 0.1) is 0 Å². The monoisotopic (exact) mass is 226 g/mol. The molecule has 0 spiro atoms. The highest BCUT2D eigenvalue weighted by molar-refractivity contribution is 7.84. The lowest BCUT2D eigenvalue weighted by Crippen LogP contribution is -2.13. The first kappa shape index (κ1) is 10.9. The molecular weight excluding hydrogens is 222 g/mol. The van der Waals surface area contributed by atoms with E-state index in [9.17, 15) is 4.21 Å². The fourth-order valence-electron chi connectivity index (χ4n) is 0.951. The fourth-order valence-corrected chi connectivity index (χ4v) is 1.76. The van der Waals surface area contributed by atoms with Gasteiger partial charge in [-0.25, -0.2) is 14.2 Å². The van der Waals surface area contributed by atoms with Gasteiger partial charge in [0.15, 0.2) is 10.1 Å². The van der Waals surface area contributed by atoms with E-state index in [4.69, 9.17) is 15.7 Å². The molecule has 2 aromatic heterocycles. The molecule has 0 fully saturated rings. The van der Waals surface area contributed by atoms with E-state index in [-0.39, 0.29) is 21.2 Å². The van der Waals surface area contributed by atoms with Crippen LogP contribution < -0.4 is 11.2 Å². The molecule has 0 N–H and O–H groups in total. The largest absolute Gasteiger partial charge is 0.268 e. The molecule has 0 amide bonds. The highest BCUT2D eigenvalue weighted by Crippen LogP contribution is 2.07. The minimum absolute atomic E-state index is 0.268. The normalized spacial score (nSPS) is 10.6. The molecule has 2 heterocycles. The molecule has 2 rings (SSSR count). The zero-order chi connectivity index (χ0) is 11.5. The van der Waals surface area contributed by atoms with Crippen molar-refractivity contribution in [1.29, 1.82) is 0 Å². The van der Waals surface area contributed by atoms with E-state index in [1.807, 2.05) is 0 Å². The van der Waals surface area contributed by atoms with Gasteiger partial charge in [0.2, 0.25) is 0 Å². The second-order valence-electron chi connectivity index (χ2n) is 2.83.